The molecular formula is C21H18N2OS. The Morgan fingerprint density at radius 2 is 1.88 bits per heavy atom. The van der Waals surface area contributed by atoms with Gasteiger partial charge in [0.05, 0.1) is 5.39 Å². The Hall–Kier alpha value is -2.46. The molecule has 2 heterocycles. The second kappa shape index (κ2) is 5.81. The number of aromatic amines is 1. The van der Waals surface area contributed by atoms with Gasteiger partial charge in [-0.25, -0.2) is 4.98 Å². The summed E-state index contributed by atoms with van der Waals surface area (Å²) in [5.41, 5.74) is 2.47. The van der Waals surface area contributed by atoms with E-state index in [1.807, 2.05) is 0 Å². The zero-order valence-electron chi connectivity index (χ0n) is 13.8. The van der Waals surface area contributed by atoms with Crippen molar-refractivity contribution >= 4 is 32.3 Å². The number of nitrogens with zero attached hydrogens (tertiary/aromatic N) is 1. The van der Waals surface area contributed by atoms with Gasteiger partial charge < -0.3 is 4.98 Å². The van der Waals surface area contributed by atoms with Gasteiger partial charge in [-0.15, -0.1) is 11.3 Å². The maximum absolute atomic E-state index is 12.7. The van der Waals surface area contributed by atoms with Crippen LogP contribution in [0.15, 0.2) is 47.3 Å². The zero-order valence-corrected chi connectivity index (χ0v) is 14.7. The molecule has 0 saturated carbocycles. The van der Waals surface area contributed by atoms with Gasteiger partial charge in [0.2, 0.25) is 0 Å². The summed E-state index contributed by atoms with van der Waals surface area (Å²) >= 11 is 1.71. The Morgan fingerprint density at radius 1 is 1.04 bits per heavy atom. The largest absolute Gasteiger partial charge is 0.310 e. The molecule has 1 aliphatic carbocycles. The Labute approximate surface area is 149 Å². The van der Waals surface area contributed by atoms with E-state index in [9.17, 15) is 4.79 Å². The summed E-state index contributed by atoms with van der Waals surface area (Å²) < 4.78 is 0. The number of hydrogen-bond acceptors (Lipinski definition) is 3. The molecule has 25 heavy (non-hydrogen) atoms. The highest BCUT2D eigenvalue weighted by Crippen LogP contribution is 2.33. The molecule has 0 bridgehead atoms. The van der Waals surface area contributed by atoms with E-state index >= 15 is 0 Å². The van der Waals surface area contributed by atoms with E-state index < -0.39 is 0 Å². The standard InChI is InChI=1S/C21H18N2OS/c24-20-19-16-10-3-4-11-17(16)25-21(19)23-18(22-20)12-14-8-5-7-13-6-1-2-9-15(13)14/h1-2,5-9H,3-4,10-12H2,(H,22,23,24). The molecule has 4 heteroatoms. The van der Waals surface area contributed by atoms with Gasteiger partial charge in [-0.2, -0.15) is 0 Å². The van der Waals surface area contributed by atoms with Gasteiger partial charge >= 0.3 is 0 Å². The molecule has 0 aliphatic heterocycles. The third-order valence-electron chi connectivity index (χ3n) is 5.11. The first kappa shape index (κ1) is 14.8. The Morgan fingerprint density at radius 3 is 2.84 bits per heavy atom. The lowest BCUT2D eigenvalue weighted by atomic mass is 9.97. The fraction of sp³-hybridized carbons (Fsp3) is 0.238. The number of aromatic nitrogens is 2. The topological polar surface area (TPSA) is 45.8 Å². The van der Waals surface area contributed by atoms with Crippen LogP contribution in [0.25, 0.3) is 21.0 Å². The summed E-state index contributed by atoms with van der Waals surface area (Å²) in [5.74, 6) is 0.757. The summed E-state index contributed by atoms with van der Waals surface area (Å²) in [5, 5.41) is 3.27. The van der Waals surface area contributed by atoms with Crippen LogP contribution in [0, 0.1) is 0 Å². The predicted octanol–water partition coefficient (Wildman–Crippen LogP) is 4.61. The quantitative estimate of drug-likeness (QED) is 0.576. The number of fused-ring (bicyclic) bond motifs is 4. The van der Waals surface area contributed by atoms with Crippen LogP contribution >= 0.6 is 11.3 Å². The van der Waals surface area contributed by atoms with Crippen molar-refractivity contribution in [3.05, 3.63) is 74.6 Å². The average Bonchev–Trinajstić information content (AvgIpc) is 3.01. The molecule has 2 aromatic heterocycles. The monoisotopic (exact) mass is 346 g/mol. The van der Waals surface area contributed by atoms with Crippen molar-refractivity contribution in [3.8, 4) is 0 Å². The Bertz CT molecular complexity index is 1150. The molecule has 1 aliphatic rings. The first-order chi connectivity index (χ1) is 12.3. The molecule has 0 spiro atoms. The van der Waals surface area contributed by atoms with Crippen molar-refractivity contribution in [1.82, 2.24) is 9.97 Å². The van der Waals surface area contributed by atoms with Crippen molar-refractivity contribution in [2.24, 2.45) is 0 Å². The van der Waals surface area contributed by atoms with Gasteiger partial charge in [-0.3, -0.25) is 4.79 Å². The third kappa shape index (κ3) is 2.48. The Kier molecular flexibility index (Phi) is 3.45. The minimum absolute atomic E-state index is 0.0274. The van der Waals surface area contributed by atoms with Gasteiger partial charge in [0.25, 0.3) is 5.56 Å². The molecule has 0 unspecified atom stereocenters. The maximum atomic E-state index is 12.7. The Balaban J connectivity index is 1.62. The van der Waals surface area contributed by atoms with Crippen LogP contribution in [0.2, 0.25) is 0 Å². The summed E-state index contributed by atoms with van der Waals surface area (Å²) in [6.07, 6.45) is 5.16. The normalized spacial score (nSPS) is 14.1. The fourth-order valence-electron chi connectivity index (χ4n) is 3.92. The van der Waals surface area contributed by atoms with Gasteiger partial charge in [0.15, 0.2) is 0 Å². The SMILES string of the molecule is O=c1[nH]c(Cc2cccc3ccccc23)nc2sc3c(c12)CCCC3. The van der Waals surface area contributed by atoms with Crippen LogP contribution in [-0.2, 0) is 19.3 Å². The van der Waals surface area contributed by atoms with Crippen LogP contribution in [0.5, 0.6) is 0 Å². The molecule has 5 rings (SSSR count). The summed E-state index contributed by atoms with van der Waals surface area (Å²) in [6, 6.07) is 14.7. The predicted molar refractivity (Wildman–Crippen MR) is 104 cm³/mol. The molecule has 124 valence electrons. The van der Waals surface area contributed by atoms with Crippen LogP contribution in [0.3, 0.4) is 0 Å². The number of H-pyrrole nitrogens is 1. The van der Waals surface area contributed by atoms with Gasteiger partial charge in [0, 0.05) is 11.3 Å². The van der Waals surface area contributed by atoms with E-state index in [2.05, 4.69) is 47.4 Å². The molecule has 0 amide bonds. The second-order valence-electron chi connectivity index (χ2n) is 6.72. The minimum Gasteiger partial charge on any atom is -0.310 e. The summed E-state index contributed by atoms with van der Waals surface area (Å²) in [4.78, 5) is 22.8. The molecule has 0 saturated heterocycles. The summed E-state index contributed by atoms with van der Waals surface area (Å²) in [7, 11) is 0. The zero-order chi connectivity index (χ0) is 16.8. The van der Waals surface area contributed by atoms with Crippen molar-refractivity contribution < 1.29 is 0 Å². The number of nitrogens with one attached hydrogen (secondary N) is 1. The molecule has 0 atom stereocenters. The molecule has 2 aromatic carbocycles. The fourth-order valence-corrected chi connectivity index (χ4v) is 5.20. The van der Waals surface area contributed by atoms with E-state index in [1.165, 1.54) is 39.6 Å². The maximum Gasteiger partial charge on any atom is 0.259 e. The van der Waals surface area contributed by atoms with Crippen LogP contribution < -0.4 is 5.56 Å². The smallest absolute Gasteiger partial charge is 0.259 e. The van der Waals surface area contributed by atoms with Gasteiger partial charge in [-0.05, 0) is 47.6 Å². The molecular weight excluding hydrogens is 328 g/mol. The van der Waals surface area contributed by atoms with Crippen molar-refractivity contribution in [3.63, 3.8) is 0 Å². The molecule has 0 fully saturated rings. The third-order valence-corrected chi connectivity index (χ3v) is 6.30. The number of hydrogen-bond donors (Lipinski definition) is 1. The second-order valence-corrected chi connectivity index (χ2v) is 7.80. The van der Waals surface area contributed by atoms with Crippen LogP contribution in [0.4, 0.5) is 0 Å². The van der Waals surface area contributed by atoms with Crippen molar-refractivity contribution in [2.45, 2.75) is 32.1 Å². The van der Waals surface area contributed by atoms with Crippen LogP contribution in [-0.4, -0.2) is 9.97 Å². The van der Waals surface area contributed by atoms with Gasteiger partial charge in [0.1, 0.15) is 10.7 Å². The van der Waals surface area contributed by atoms with E-state index in [-0.39, 0.29) is 5.56 Å². The van der Waals surface area contributed by atoms with Crippen molar-refractivity contribution in [1.29, 1.82) is 0 Å². The highest BCUT2D eigenvalue weighted by Gasteiger charge is 2.19. The van der Waals surface area contributed by atoms with Crippen LogP contribution in [0.1, 0.15) is 34.7 Å². The van der Waals surface area contributed by atoms with E-state index in [0.29, 0.717) is 6.42 Å². The minimum atomic E-state index is 0.0274. The number of aryl methyl sites for hydroxylation is 2. The van der Waals surface area contributed by atoms with E-state index in [4.69, 9.17) is 4.98 Å². The average molecular weight is 346 g/mol. The first-order valence-electron chi connectivity index (χ1n) is 8.80. The lowest BCUT2D eigenvalue weighted by molar-refractivity contribution is 0.700. The highest BCUT2D eigenvalue weighted by molar-refractivity contribution is 7.18. The van der Waals surface area contributed by atoms with Crippen molar-refractivity contribution in [2.75, 3.05) is 0 Å². The number of benzene rings is 2. The number of thiophene rings is 1. The molecule has 3 nitrogen and oxygen atoms in total. The van der Waals surface area contributed by atoms with Gasteiger partial charge in [-0.1, -0.05) is 42.5 Å². The molecule has 4 aromatic rings. The number of rotatable bonds is 2. The lowest BCUT2D eigenvalue weighted by Crippen LogP contribution is -2.13. The summed E-state index contributed by atoms with van der Waals surface area (Å²) in [6.45, 7) is 0. The molecule has 0 radical (unpaired) electrons. The first-order valence-corrected chi connectivity index (χ1v) is 9.61. The van der Waals surface area contributed by atoms with E-state index in [1.54, 1.807) is 11.3 Å². The van der Waals surface area contributed by atoms with E-state index in [0.717, 1.165) is 28.9 Å². The lowest BCUT2D eigenvalue weighted by Gasteiger charge is -2.09. The highest BCUT2D eigenvalue weighted by atomic mass is 32.1. The molecule has 1 N–H and O–H groups in total.